The molecule has 88 valence electrons. The SMILES string of the molecule is c1nc(C2CCCN2)oc1C1CCNCC1. The molecule has 0 saturated carbocycles. The van der Waals surface area contributed by atoms with Crippen LogP contribution in [0.25, 0.3) is 0 Å². The fourth-order valence-corrected chi connectivity index (χ4v) is 2.65. The van der Waals surface area contributed by atoms with E-state index in [1.165, 1.54) is 19.3 Å². The third kappa shape index (κ3) is 1.99. The van der Waals surface area contributed by atoms with Crippen molar-refractivity contribution in [3.05, 3.63) is 17.8 Å². The topological polar surface area (TPSA) is 50.1 Å². The highest BCUT2D eigenvalue weighted by Gasteiger charge is 2.24. The number of nitrogens with one attached hydrogen (secondary N) is 2. The predicted octanol–water partition coefficient (Wildman–Crippen LogP) is 1.57. The van der Waals surface area contributed by atoms with Gasteiger partial charge in [-0.05, 0) is 45.3 Å². The molecule has 2 fully saturated rings. The molecule has 0 amide bonds. The molecule has 16 heavy (non-hydrogen) atoms. The number of rotatable bonds is 2. The number of piperidine rings is 1. The first-order valence-corrected chi connectivity index (χ1v) is 6.33. The molecule has 0 bridgehead atoms. The van der Waals surface area contributed by atoms with Crippen LogP contribution in [0.3, 0.4) is 0 Å². The molecule has 2 aliphatic rings. The maximum Gasteiger partial charge on any atom is 0.211 e. The summed E-state index contributed by atoms with van der Waals surface area (Å²) in [6.07, 6.45) is 6.67. The summed E-state index contributed by atoms with van der Waals surface area (Å²) in [5, 5.41) is 6.79. The number of oxazole rings is 1. The molecule has 0 aliphatic carbocycles. The maximum absolute atomic E-state index is 5.91. The van der Waals surface area contributed by atoms with Crippen molar-refractivity contribution in [3.8, 4) is 0 Å². The van der Waals surface area contributed by atoms with Gasteiger partial charge in [0.25, 0.3) is 0 Å². The van der Waals surface area contributed by atoms with E-state index in [0.29, 0.717) is 12.0 Å². The lowest BCUT2D eigenvalue weighted by Gasteiger charge is -2.20. The zero-order valence-corrected chi connectivity index (χ0v) is 9.54. The van der Waals surface area contributed by atoms with E-state index in [2.05, 4.69) is 15.6 Å². The fraction of sp³-hybridized carbons (Fsp3) is 0.750. The molecule has 1 atom stereocenters. The Balaban J connectivity index is 1.71. The Labute approximate surface area is 95.8 Å². The minimum absolute atomic E-state index is 0.357. The standard InChI is InChI=1S/C12H19N3O/c1-2-10(14-5-1)12-15-8-11(16-12)9-3-6-13-7-4-9/h8-10,13-14H,1-7H2. The third-order valence-electron chi connectivity index (χ3n) is 3.64. The Hall–Kier alpha value is -0.870. The number of hydrogen-bond acceptors (Lipinski definition) is 4. The Kier molecular flexibility index (Phi) is 2.93. The summed E-state index contributed by atoms with van der Waals surface area (Å²) in [6, 6.07) is 0.357. The van der Waals surface area contributed by atoms with Gasteiger partial charge in [-0.25, -0.2) is 4.98 Å². The third-order valence-corrected chi connectivity index (χ3v) is 3.64. The summed E-state index contributed by atoms with van der Waals surface area (Å²) in [7, 11) is 0. The summed E-state index contributed by atoms with van der Waals surface area (Å²) in [6.45, 7) is 3.29. The number of aromatic nitrogens is 1. The van der Waals surface area contributed by atoms with Crippen LogP contribution in [-0.2, 0) is 0 Å². The van der Waals surface area contributed by atoms with Gasteiger partial charge in [-0.1, -0.05) is 0 Å². The molecular formula is C12H19N3O. The molecule has 2 N–H and O–H groups in total. The molecule has 3 rings (SSSR count). The van der Waals surface area contributed by atoms with E-state index >= 15 is 0 Å². The van der Waals surface area contributed by atoms with Crippen LogP contribution in [0, 0.1) is 0 Å². The van der Waals surface area contributed by atoms with Crippen LogP contribution >= 0.6 is 0 Å². The molecule has 0 aromatic carbocycles. The molecule has 3 heterocycles. The highest BCUT2D eigenvalue weighted by atomic mass is 16.4. The van der Waals surface area contributed by atoms with Gasteiger partial charge in [-0.2, -0.15) is 0 Å². The van der Waals surface area contributed by atoms with Gasteiger partial charge in [0.1, 0.15) is 5.76 Å². The van der Waals surface area contributed by atoms with Crippen LogP contribution in [0.5, 0.6) is 0 Å². The first-order chi connectivity index (χ1) is 7.93. The van der Waals surface area contributed by atoms with E-state index in [4.69, 9.17) is 4.42 Å². The van der Waals surface area contributed by atoms with Crippen LogP contribution < -0.4 is 10.6 Å². The second-order valence-electron chi connectivity index (χ2n) is 4.77. The van der Waals surface area contributed by atoms with Gasteiger partial charge < -0.3 is 15.1 Å². The van der Waals surface area contributed by atoms with Crippen LogP contribution in [-0.4, -0.2) is 24.6 Å². The predicted molar refractivity (Wildman–Crippen MR) is 61.3 cm³/mol. The van der Waals surface area contributed by atoms with E-state index in [9.17, 15) is 0 Å². The Morgan fingerprint density at radius 1 is 1.19 bits per heavy atom. The largest absolute Gasteiger partial charge is 0.444 e. The van der Waals surface area contributed by atoms with E-state index < -0.39 is 0 Å². The van der Waals surface area contributed by atoms with E-state index in [0.717, 1.165) is 37.7 Å². The Morgan fingerprint density at radius 3 is 2.81 bits per heavy atom. The van der Waals surface area contributed by atoms with Gasteiger partial charge >= 0.3 is 0 Å². The highest BCUT2D eigenvalue weighted by molar-refractivity contribution is 5.06. The quantitative estimate of drug-likeness (QED) is 0.796. The van der Waals surface area contributed by atoms with Crippen molar-refractivity contribution in [1.29, 1.82) is 0 Å². The molecule has 2 saturated heterocycles. The second-order valence-corrected chi connectivity index (χ2v) is 4.77. The summed E-state index contributed by atoms with van der Waals surface area (Å²) in [5.41, 5.74) is 0. The fourth-order valence-electron chi connectivity index (χ4n) is 2.65. The van der Waals surface area contributed by atoms with Gasteiger partial charge in [0.2, 0.25) is 5.89 Å². The summed E-state index contributed by atoms with van der Waals surface area (Å²) >= 11 is 0. The van der Waals surface area contributed by atoms with Crippen LogP contribution in [0.4, 0.5) is 0 Å². The van der Waals surface area contributed by atoms with Crippen LogP contribution in [0.2, 0.25) is 0 Å². The summed E-state index contributed by atoms with van der Waals surface area (Å²) in [5.74, 6) is 2.56. The van der Waals surface area contributed by atoms with Crippen molar-refractivity contribution < 1.29 is 4.42 Å². The van der Waals surface area contributed by atoms with Gasteiger partial charge in [-0.15, -0.1) is 0 Å². The van der Waals surface area contributed by atoms with Gasteiger partial charge in [0.15, 0.2) is 0 Å². The van der Waals surface area contributed by atoms with E-state index in [1.54, 1.807) is 0 Å². The molecule has 1 aromatic rings. The molecule has 0 spiro atoms. The Bertz CT molecular complexity index is 338. The minimum atomic E-state index is 0.357. The van der Waals surface area contributed by atoms with Crippen LogP contribution in [0.1, 0.15) is 49.3 Å². The number of hydrogen-bond donors (Lipinski definition) is 2. The molecule has 1 unspecified atom stereocenters. The lowest BCUT2D eigenvalue weighted by molar-refractivity contribution is 0.350. The first kappa shape index (κ1) is 10.3. The van der Waals surface area contributed by atoms with Gasteiger partial charge in [-0.3, -0.25) is 0 Å². The van der Waals surface area contributed by atoms with Crippen molar-refractivity contribution >= 4 is 0 Å². The smallest absolute Gasteiger partial charge is 0.211 e. The molecule has 2 aliphatic heterocycles. The molecular weight excluding hydrogens is 202 g/mol. The van der Waals surface area contributed by atoms with Crippen molar-refractivity contribution in [2.45, 2.75) is 37.6 Å². The van der Waals surface area contributed by atoms with Gasteiger partial charge in [0.05, 0.1) is 12.2 Å². The highest BCUT2D eigenvalue weighted by Crippen LogP contribution is 2.29. The van der Waals surface area contributed by atoms with Crippen molar-refractivity contribution in [2.75, 3.05) is 19.6 Å². The van der Waals surface area contributed by atoms with Crippen LogP contribution in [0.15, 0.2) is 10.6 Å². The molecule has 0 radical (unpaired) electrons. The van der Waals surface area contributed by atoms with Crippen molar-refractivity contribution in [2.24, 2.45) is 0 Å². The zero-order valence-electron chi connectivity index (χ0n) is 9.54. The normalized spacial score (nSPS) is 27.4. The average Bonchev–Trinajstić information content (AvgIpc) is 3.01. The minimum Gasteiger partial charge on any atom is -0.444 e. The molecule has 4 heteroatoms. The lowest BCUT2D eigenvalue weighted by atomic mass is 9.96. The number of nitrogens with zero attached hydrogens (tertiary/aromatic N) is 1. The van der Waals surface area contributed by atoms with Gasteiger partial charge in [0, 0.05) is 5.92 Å². The average molecular weight is 221 g/mol. The lowest BCUT2D eigenvalue weighted by Crippen LogP contribution is -2.26. The summed E-state index contributed by atoms with van der Waals surface area (Å²) in [4.78, 5) is 4.42. The first-order valence-electron chi connectivity index (χ1n) is 6.33. The Morgan fingerprint density at radius 2 is 2.06 bits per heavy atom. The van der Waals surface area contributed by atoms with Crippen molar-refractivity contribution in [3.63, 3.8) is 0 Å². The van der Waals surface area contributed by atoms with E-state index in [1.807, 2.05) is 6.20 Å². The molecule has 1 aromatic heterocycles. The molecule has 4 nitrogen and oxygen atoms in total. The second kappa shape index (κ2) is 4.55. The van der Waals surface area contributed by atoms with E-state index in [-0.39, 0.29) is 0 Å². The van der Waals surface area contributed by atoms with Crippen molar-refractivity contribution in [1.82, 2.24) is 15.6 Å². The summed E-state index contributed by atoms with van der Waals surface area (Å²) < 4.78 is 5.91. The monoisotopic (exact) mass is 221 g/mol. The maximum atomic E-state index is 5.91. The zero-order chi connectivity index (χ0) is 10.8.